The molecule has 0 heterocycles. The summed E-state index contributed by atoms with van der Waals surface area (Å²) in [5, 5.41) is 0.621. The summed E-state index contributed by atoms with van der Waals surface area (Å²) < 4.78 is 0. The fourth-order valence-corrected chi connectivity index (χ4v) is 1.81. The monoisotopic (exact) mass is 248 g/mol. The standard InChI is InChI=1S/C13H9ClOS/c14-10-7-5-9(6-8-10)13(15)11-3-1-2-4-12(11)16/h1-8,16H. The van der Waals surface area contributed by atoms with Crippen LogP contribution in [0.15, 0.2) is 53.4 Å². The highest BCUT2D eigenvalue weighted by molar-refractivity contribution is 7.80. The molecule has 16 heavy (non-hydrogen) atoms. The number of ketones is 1. The average Bonchev–Trinajstić information content (AvgIpc) is 2.30. The predicted octanol–water partition coefficient (Wildman–Crippen LogP) is 3.86. The number of benzene rings is 2. The fourth-order valence-electron chi connectivity index (χ4n) is 1.42. The minimum atomic E-state index is -0.0396. The summed E-state index contributed by atoms with van der Waals surface area (Å²) in [6.07, 6.45) is 0. The molecule has 0 bridgehead atoms. The molecule has 0 N–H and O–H groups in total. The molecule has 2 aromatic rings. The molecule has 2 rings (SSSR count). The van der Waals surface area contributed by atoms with Crippen molar-refractivity contribution < 1.29 is 4.79 Å². The first-order valence-corrected chi connectivity index (χ1v) is 5.59. The van der Waals surface area contributed by atoms with Crippen molar-refractivity contribution in [1.82, 2.24) is 0 Å². The van der Waals surface area contributed by atoms with Crippen LogP contribution < -0.4 is 0 Å². The van der Waals surface area contributed by atoms with Gasteiger partial charge < -0.3 is 0 Å². The molecular formula is C13H9ClOS. The summed E-state index contributed by atoms with van der Waals surface area (Å²) in [5.74, 6) is -0.0396. The molecule has 80 valence electrons. The third-order valence-electron chi connectivity index (χ3n) is 2.26. The van der Waals surface area contributed by atoms with Crippen LogP contribution in [0.3, 0.4) is 0 Å². The maximum Gasteiger partial charge on any atom is 0.194 e. The second-order valence-corrected chi connectivity index (χ2v) is 4.27. The Kier molecular flexibility index (Phi) is 3.32. The van der Waals surface area contributed by atoms with Crippen LogP contribution in [-0.2, 0) is 0 Å². The van der Waals surface area contributed by atoms with E-state index in [2.05, 4.69) is 12.6 Å². The summed E-state index contributed by atoms with van der Waals surface area (Å²) in [6, 6.07) is 14.1. The zero-order valence-corrected chi connectivity index (χ0v) is 10.0. The Hall–Kier alpha value is -1.25. The lowest BCUT2D eigenvalue weighted by Gasteiger charge is -2.03. The van der Waals surface area contributed by atoms with Gasteiger partial charge in [0.05, 0.1) is 0 Å². The first kappa shape index (κ1) is 11.2. The summed E-state index contributed by atoms with van der Waals surface area (Å²) >= 11 is 10.0. The van der Waals surface area contributed by atoms with Crippen LogP contribution in [-0.4, -0.2) is 5.78 Å². The molecule has 3 heteroatoms. The van der Waals surface area contributed by atoms with Crippen molar-refractivity contribution >= 4 is 30.0 Å². The van der Waals surface area contributed by atoms with Gasteiger partial charge in [0.25, 0.3) is 0 Å². The first-order valence-electron chi connectivity index (χ1n) is 4.77. The van der Waals surface area contributed by atoms with Crippen molar-refractivity contribution in [1.29, 1.82) is 0 Å². The number of halogens is 1. The largest absolute Gasteiger partial charge is 0.289 e. The normalized spacial score (nSPS) is 10.1. The third-order valence-corrected chi connectivity index (χ3v) is 2.90. The van der Waals surface area contributed by atoms with Crippen LogP contribution in [0, 0.1) is 0 Å². The van der Waals surface area contributed by atoms with Gasteiger partial charge >= 0.3 is 0 Å². The highest BCUT2D eigenvalue weighted by Crippen LogP contribution is 2.18. The van der Waals surface area contributed by atoms with Gasteiger partial charge in [0, 0.05) is 21.0 Å². The van der Waals surface area contributed by atoms with Gasteiger partial charge in [-0.25, -0.2) is 0 Å². The van der Waals surface area contributed by atoms with Crippen LogP contribution in [0.2, 0.25) is 5.02 Å². The van der Waals surface area contributed by atoms with Crippen LogP contribution in [0.25, 0.3) is 0 Å². The Bertz CT molecular complexity index is 520. The molecule has 1 nitrogen and oxygen atoms in total. The maximum absolute atomic E-state index is 12.1. The second-order valence-electron chi connectivity index (χ2n) is 3.35. The van der Waals surface area contributed by atoms with Gasteiger partial charge in [-0.3, -0.25) is 4.79 Å². The number of thiol groups is 1. The minimum Gasteiger partial charge on any atom is -0.289 e. The van der Waals surface area contributed by atoms with Gasteiger partial charge in [-0.1, -0.05) is 23.7 Å². The highest BCUT2D eigenvalue weighted by atomic mass is 35.5. The van der Waals surface area contributed by atoms with Crippen molar-refractivity contribution in [3.05, 3.63) is 64.7 Å². The van der Waals surface area contributed by atoms with Gasteiger partial charge in [0.15, 0.2) is 5.78 Å². The second kappa shape index (κ2) is 4.73. The van der Waals surface area contributed by atoms with Gasteiger partial charge in [0.1, 0.15) is 0 Å². The topological polar surface area (TPSA) is 17.1 Å². The van der Waals surface area contributed by atoms with Crippen LogP contribution in [0.4, 0.5) is 0 Å². The summed E-state index contributed by atoms with van der Waals surface area (Å²) in [4.78, 5) is 12.8. The van der Waals surface area contributed by atoms with Gasteiger partial charge in [-0.2, -0.15) is 0 Å². The van der Waals surface area contributed by atoms with Crippen molar-refractivity contribution in [3.8, 4) is 0 Å². The van der Waals surface area contributed by atoms with E-state index in [9.17, 15) is 4.79 Å². The smallest absolute Gasteiger partial charge is 0.194 e. The molecule has 0 spiro atoms. The Morgan fingerprint density at radius 3 is 2.25 bits per heavy atom. The number of hydrogen-bond acceptors (Lipinski definition) is 2. The van der Waals surface area contributed by atoms with E-state index in [4.69, 9.17) is 11.6 Å². The molecule has 0 radical (unpaired) electrons. The molecule has 0 saturated heterocycles. The molecule has 0 amide bonds. The summed E-state index contributed by atoms with van der Waals surface area (Å²) in [5.41, 5.74) is 1.22. The van der Waals surface area contributed by atoms with E-state index < -0.39 is 0 Å². The molecular weight excluding hydrogens is 240 g/mol. The van der Waals surface area contributed by atoms with E-state index in [1.807, 2.05) is 12.1 Å². The van der Waals surface area contributed by atoms with E-state index in [1.54, 1.807) is 36.4 Å². The molecule has 0 atom stereocenters. The van der Waals surface area contributed by atoms with E-state index in [1.165, 1.54) is 0 Å². The number of rotatable bonds is 2. The van der Waals surface area contributed by atoms with Gasteiger partial charge in [0.2, 0.25) is 0 Å². The van der Waals surface area contributed by atoms with Gasteiger partial charge in [-0.15, -0.1) is 12.6 Å². The lowest BCUT2D eigenvalue weighted by Crippen LogP contribution is -2.01. The number of carbonyl (C=O) groups is 1. The maximum atomic E-state index is 12.1. The third kappa shape index (κ3) is 2.29. The van der Waals surface area contributed by atoms with Crippen LogP contribution in [0.5, 0.6) is 0 Å². The molecule has 0 fully saturated rings. The van der Waals surface area contributed by atoms with Crippen LogP contribution >= 0.6 is 24.2 Å². The first-order chi connectivity index (χ1) is 7.68. The Morgan fingerprint density at radius 1 is 1.00 bits per heavy atom. The summed E-state index contributed by atoms with van der Waals surface area (Å²) in [6.45, 7) is 0. The fraction of sp³-hybridized carbons (Fsp3) is 0. The predicted molar refractivity (Wildman–Crippen MR) is 68.6 cm³/mol. The summed E-state index contributed by atoms with van der Waals surface area (Å²) in [7, 11) is 0. The molecule has 0 aliphatic carbocycles. The molecule has 2 aromatic carbocycles. The molecule has 0 aromatic heterocycles. The molecule has 0 aliphatic heterocycles. The zero-order chi connectivity index (χ0) is 11.5. The zero-order valence-electron chi connectivity index (χ0n) is 8.35. The van der Waals surface area contributed by atoms with E-state index >= 15 is 0 Å². The van der Waals surface area contributed by atoms with Crippen molar-refractivity contribution in [2.24, 2.45) is 0 Å². The highest BCUT2D eigenvalue weighted by Gasteiger charge is 2.10. The quantitative estimate of drug-likeness (QED) is 0.631. The van der Waals surface area contributed by atoms with E-state index in [0.29, 0.717) is 21.0 Å². The Morgan fingerprint density at radius 2 is 1.62 bits per heavy atom. The Balaban J connectivity index is 2.40. The Labute approximate surface area is 104 Å². The molecule has 0 unspecified atom stereocenters. The van der Waals surface area contributed by atoms with E-state index in [0.717, 1.165) is 0 Å². The van der Waals surface area contributed by atoms with Crippen molar-refractivity contribution in [2.75, 3.05) is 0 Å². The van der Waals surface area contributed by atoms with Crippen LogP contribution in [0.1, 0.15) is 15.9 Å². The van der Waals surface area contributed by atoms with Crippen molar-refractivity contribution in [2.45, 2.75) is 4.90 Å². The minimum absolute atomic E-state index is 0.0396. The lowest BCUT2D eigenvalue weighted by atomic mass is 10.0. The van der Waals surface area contributed by atoms with Gasteiger partial charge in [-0.05, 0) is 36.4 Å². The number of carbonyl (C=O) groups excluding carboxylic acids is 1. The lowest BCUT2D eigenvalue weighted by molar-refractivity contribution is 0.103. The SMILES string of the molecule is O=C(c1ccc(Cl)cc1)c1ccccc1S. The number of hydrogen-bond donors (Lipinski definition) is 1. The molecule has 0 saturated carbocycles. The van der Waals surface area contributed by atoms with Crippen molar-refractivity contribution in [3.63, 3.8) is 0 Å². The van der Waals surface area contributed by atoms with E-state index in [-0.39, 0.29) is 5.78 Å². The average molecular weight is 249 g/mol. The molecule has 0 aliphatic rings.